The summed E-state index contributed by atoms with van der Waals surface area (Å²) < 4.78 is 5.48. The van der Waals surface area contributed by atoms with Crippen LogP contribution < -0.4 is 20.3 Å². The van der Waals surface area contributed by atoms with E-state index in [-0.39, 0.29) is 0 Å². The Kier molecular flexibility index (Phi) is 4.71. The van der Waals surface area contributed by atoms with Gasteiger partial charge in [-0.25, -0.2) is 0 Å². The molecule has 5 heteroatoms. The molecule has 1 atom stereocenters. The summed E-state index contributed by atoms with van der Waals surface area (Å²) in [6.07, 6.45) is 3.65. The smallest absolute Gasteiger partial charge is 0.191 e. The van der Waals surface area contributed by atoms with Gasteiger partial charge in [0.25, 0.3) is 0 Å². The lowest BCUT2D eigenvalue weighted by molar-refractivity contribution is 0.415. The van der Waals surface area contributed by atoms with E-state index in [1.54, 1.807) is 7.11 Å². The SMILES string of the molecule is CCN=C(NC1CC1)NC1CCN(c2ccccc2OC)C1. The van der Waals surface area contributed by atoms with E-state index in [1.807, 2.05) is 12.1 Å². The Morgan fingerprint density at radius 3 is 2.73 bits per heavy atom. The van der Waals surface area contributed by atoms with Crippen LogP contribution in [0.4, 0.5) is 5.69 Å². The number of anilines is 1. The predicted octanol–water partition coefficient (Wildman–Crippen LogP) is 1.99. The molecule has 2 fully saturated rings. The lowest BCUT2D eigenvalue weighted by Gasteiger charge is -2.22. The van der Waals surface area contributed by atoms with Crippen LogP contribution in [0.15, 0.2) is 29.3 Å². The highest BCUT2D eigenvalue weighted by Gasteiger charge is 2.27. The molecule has 2 aliphatic rings. The number of nitrogens with zero attached hydrogens (tertiary/aromatic N) is 2. The minimum atomic E-state index is 0.432. The van der Waals surface area contributed by atoms with E-state index in [9.17, 15) is 0 Å². The first-order valence-corrected chi connectivity index (χ1v) is 8.25. The molecule has 1 aliphatic carbocycles. The van der Waals surface area contributed by atoms with Crippen LogP contribution in [0.25, 0.3) is 0 Å². The van der Waals surface area contributed by atoms with Crippen LogP contribution >= 0.6 is 0 Å². The van der Waals surface area contributed by atoms with E-state index < -0.39 is 0 Å². The molecule has 0 spiro atoms. The van der Waals surface area contributed by atoms with E-state index in [1.165, 1.54) is 18.5 Å². The number of aliphatic imine (C=N–C) groups is 1. The van der Waals surface area contributed by atoms with Crippen molar-refractivity contribution >= 4 is 11.6 Å². The van der Waals surface area contributed by atoms with Crippen molar-refractivity contribution in [2.75, 3.05) is 31.6 Å². The number of ether oxygens (including phenoxy) is 1. The van der Waals surface area contributed by atoms with Crippen LogP contribution in [0.3, 0.4) is 0 Å². The molecule has 2 N–H and O–H groups in total. The quantitative estimate of drug-likeness (QED) is 0.645. The van der Waals surface area contributed by atoms with Crippen LogP contribution in [-0.4, -0.2) is 44.8 Å². The maximum Gasteiger partial charge on any atom is 0.191 e. The Bertz CT molecular complexity index is 527. The lowest BCUT2D eigenvalue weighted by Crippen LogP contribution is -2.45. The molecule has 1 heterocycles. The molecular weight excluding hydrogens is 276 g/mol. The summed E-state index contributed by atoms with van der Waals surface area (Å²) in [4.78, 5) is 6.94. The molecule has 1 saturated carbocycles. The lowest BCUT2D eigenvalue weighted by atomic mass is 10.2. The summed E-state index contributed by atoms with van der Waals surface area (Å²) in [5.74, 6) is 1.92. The molecule has 1 unspecified atom stereocenters. The second kappa shape index (κ2) is 6.90. The topological polar surface area (TPSA) is 48.9 Å². The maximum absolute atomic E-state index is 5.48. The zero-order chi connectivity index (χ0) is 15.4. The monoisotopic (exact) mass is 302 g/mol. The maximum atomic E-state index is 5.48. The minimum Gasteiger partial charge on any atom is -0.495 e. The molecule has 0 bridgehead atoms. The van der Waals surface area contributed by atoms with Crippen molar-refractivity contribution in [3.05, 3.63) is 24.3 Å². The highest BCUT2D eigenvalue weighted by molar-refractivity contribution is 5.81. The number of rotatable bonds is 5. The number of guanidine groups is 1. The first-order chi connectivity index (χ1) is 10.8. The van der Waals surface area contributed by atoms with Crippen LogP contribution in [0.1, 0.15) is 26.2 Å². The molecule has 0 aromatic heterocycles. The summed E-state index contributed by atoms with van der Waals surface area (Å²) in [6.45, 7) is 4.91. The van der Waals surface area contributed by atoms with E-state index in [0.29, 0.717) is 12.1 Å². The highest BCUT2D eigenvalue weighted by atomic mass is 16.5. The van der Waals surface area contributed by atoms with Crippen molar-refractivity contribution < 1.29 is 4.74 Å². The zero-order valence-electron chi connectivity index (χ0n) is 13.5. The van der Waals surface area contributed by atoms with Gasteiger partial charge in [-0.1, -0.05) is 12.1 Å². The fraction of sp³-hybridized carbons (Fsp3) is 0.588. The molecule has 0 amide bonds. The van der Waals surface area contributed by atoms with Crippen molar-refractivity contribution in [1.29, 1.82) is 0 Å². The molecule has 1 aromatic rings. The Morgan fingerprint density at radius 2 is 2.00 bits per heavy atom. The second-order valence-electron chi connectivity index (χ2n) is 5.99. The Morgan fingerprint density at radius 1 is 1.23 bits per heavy atom. The molecule has 1 aromatic carbocycles. The zero-order valence-corrected chi connectivity index (χ0v) is 13.5. The third-order valence-corrected chi connectivity index (χ3v) is 4.19. The number of methoxy groups -OCH3 is 1. The van der Waals surface area contributed by atoms with Gasteiger partial charge in [-0.2, -0.15) is 0 Å². The summed E-state index contributed by atoms with van der Waals surface area (Å²) >= 11 is 0. The summed E-state index contributed by atoms with van der Waals surface area (Å²) in [5, 5.41) is 7.07. The molecule has 3 rings (SSSR count). The molecule has 5 nitrogen and oxygen atoms in total. The second-order valence-corrected chi connectivity index (χ2v) is 5.99. The fourth-order valence-corrected chi connectivity index (χ4v) is 2.89. The van der Waals surface area contributed by atoms with Gasteiger partial charge in [0.2, 0.25) is 0 Å². The van der Waals surface area contributed by atoms with Gasteiger partial charge in [0.1, 0.15) is 5.75 Å². The number of hydrogen-bond acceptors (Lipinski definition) is 3. The molecular formula is C17H26N4O. The minimum absolute atomic E-state index is 0.432. The molecule has 1 saturated heterocycles. The van der Waals surface area contributed by atoms with Gasteiger partial charge < -0.3 is 20.3 Å². The molecule has 1 aliphatic heterocycles. The van der Waals surface area contributed by atoms with E-state index in [4.69, 9.17) is 4.74 Å². The average Bonchev–Trinajstić information content (AvgIpc) is 3.23. The van der Waals surface area contributed by atoms with E-state index >= 15 is 0 Å². The van der Waals surface area contributed by atoms with Gasteiger partial charge in [-0.05, 0) is 38.3 Å². The standard InChI is InChI=1S/C17H26N4O/c1-3-18-17(19-13-8-9-13)20-14-10-11-21(12-14)15-6-4-5-7-16(15)22-2/h4-7,13-14H,3,8-12H2,1-2H3,(H2,18,19,20). The van der Waals surface area contributed by atoms with Crippen molar-refractivity contribution in [3.8, 4) is 5.75 Å². The van der Waals surface area contributed by atoms with Crippen LogP contribution in [0.2, 0.25) is 0 Å². The van der Waals surface area contributed by atoms with Crippen LogP contribution in [0.5, 0.6) is 5.75 Å². The van der Waals surface area contributed by atoms with Gasteiger partial charge in [0.05, 0.1) is 12.8 Å². The molecule has 0 radical (unpaired) electrons. The highest BCUT2D eigenvalue weighted by Crippen LogP contribution is 2.30. The summed E-state index contributed by atoms with van der Waals surface area (Å²) in [6, 6.07) is 9.29. The molecule has 120 valence electrons. The predicted molar refractivity (Wildman–Crippen MR) is 90.9 cm³/mol. The third kappa shape index (κ3) is 3.64. The molecule has 22 heavy (non-hydrogen) atoms. The summed E-state index contributed by atoms with van der Waals surface area (Å²) in [5.41, 5.74) is 1.18. The van der Waals surface area contributed by atoms with Gasteiger partial charge >= 0.3 is 0 Å². The van der Waals surface area contributed by atoms with Crippen LogP contribution in [0, 0.1) is 0 Å². The Balaban J connectivity index is 1.60. The van der Waals surface area contributed by atoms with Crippen molar-refractivity contribution in [3.63, 3.8) is 0 Å². The van der Waals surface area contributed by atoms with Crippen molar-refractivity contribution in [1.82, 2.24) is 10.6 Å². The van der Waals surface area contributed by atoms with E-state index in [2.05, 4.69) is 39.6 Å². The Labute approximate surface area is 132 Å². The number of para-hydroxylation sites is 2. The first kappa shape index (κ1) is 15.0. The van der Waals surface area contributed by atoms with Crippen LogP contribution in [-0.2, 0) is 0 Å². The average molecular weight is 302 g/mol. The van der Waals surface area contributed by atoms with Crippen molar-refractivity contribution in [2.45, 2.75) is 38.3 Å². The Hall–Kier alpha value is -1.91. The number of nitrogens with one attached hydrogen (secondary N) is 2. The normalized spacial score (nSPS) is 21.8. The van der Waals surface area contributed by atoms with E-state index in [0.717, 1.165) is 37.8 Å². The van der Waals surface area contributed by atoms with Crippen molar-refractivity contribution in [2.24, 2.45) is 4.99 Å². The van der Waals surface area contributed by atoms with Gasteiger partial charge in [-0.15, -0.1) is 0 Å². The number of benzene rings is 1. The third-order valence-electron chi connectivity index (χ3n) is 4.19. The van der Waals surface area contributed by atoms with Gasteiger partial charge in [0, 0.05) is 31.7 Å². The van der Waals surface area contributed by atoms with Gasteiger partial charge in [0.15, 0.2) is 5.96 Å². The summed E-state index contributed by atoms with van der Waals surface area (Å²) in [7, 11) is 1.73. The fourth-order valence-electron chi connectivity index (χ4n) is 2.89. The number of hydrogen-bond donors (Lipinski definition) is 2. The van der Waals surface area contributed by atoms with Gasteiger partial charge in [-0.3, -0.25) is 4.99 Å². The largest absolute Gasteiger partial charge is 0.495 e. The first-order valence-electron chi connectivity index (χ1n) is 8.25.